The molecule has 2 aromatic carbocycles. The van der Waals surface area contributed by atoms with Crippen LogP contribution in [0.3, 0.4) is 0 Å². The molecule has 1 N–H and O–H groups in total. The number of nitrogens with zero attached hydrogens (tertiary/aromatic N) is 2. The zero-order valence-electron chi connectivity index (χ0n) is 14.1. The van der Waals surface area contributed by atoms with Crippen LogP contribution in [0.5, 0.6) is 0 Å². The lowest BCUT2D eigenvalue weighted by molar-refractivity contribution is -0.116. The van der Waals surface area contributed by atoms with Gasteiger partial charge in [-0.1, -0.05) is 11.6 Å². The van der Waals surface area contributed by atoms with Crippen molar-refractivity contribution < 1.29 is 9.59 Å². The Labute approximate surface area is 155 Å². The van der Waals surface area contributed by atoms with Crippen molar-refractivity contribution in [2.45, 2.75) is 13.3 Å². The van der Waals surface area contributed by atoms with Crippen molar-refractivity contribution >= 4 is 45.7 Å². The third kappa shape index (κ3) is 2.80. The molecule has 2 heterocycles. The summed E-state index contributed by atoms with van der Waals surface area (Å²) < 4.78 is 0. The molecule has 0 saturated heterocycles. The molecular formula is C20H16ClN3O2. The molecule has 2 amide bonds. The minimum absolute atomic E-state index is 0.0271. The summed E-state index contributed by atoms with van der Waals surface area (Å²) in [5, 5.41) is 4.22. The molecule has 1 aliphatic heterocycles. The molecule has 0 radical (unpaired) electrons. The van der Waals surface area contributed by atoms with E-state index in [0.29, 0.717) is 28.3 Å². The van der Waals surface area contributed by atoms with Crippen LogP contribution >= 0.6 is 11.6 Å². The lowest BCUT2D eigenvalue weighted by Crippen LogP contribution is -2.25. The summed E-state index contributed by atoms with van der Waals surface area (Å²) in [6.45, 7) is 2.23. The number of rotatable bonds is 2. The Bertz CT molecular complexity index is 1050. The van der Waals surface area contributed by atoms with Gasteiger partial charge in [0.05, 0.1) is 16.1 Å². The lowest BCUT2D eigenvalue weighted by Gasteiger charge is -2.15. The average Bonchev–Trinajstić information content (AvgIpc) is 3.05. The predicted molar refractivity (Wildman–Crippen MR) is 103 cm³/mol. The maximum atomic E-state index is 12.8. The Kier molecular flexibility index (Phi) is 4.09. The average molecular weight is 366 g/mol. The summed E-state index contributed by atoms with van der Waals surface area (Å²) in [7, 11) is 0. The van der Waals surface area contributed by atoms with E-state index in [1.807, 2.05) is 24.3 Å². The van der Waals surface area contributed by atoms with Gasteiger partial charge >= 0.3 is 0 Å². The monoisotopic (exact) mass is 365 g/mol. The van der Waals surface area contributed by atoms with Crippen LogP contribution in [-0.2, 0) is 11.2 Å². The molecule has 130 valence electrons. The summed E-state index contributed by atoms with van der Waals surface area (Å²) in [4.78, 5) is 30.5. The summed E-state index contributed by atoms with van der Waals surface area (Å²) in [5.74, 6) is -0.217. The fraction of sp³-hybridized carbons (Fsp3) is 0.150. The number of fused-ring (bicyclic) bond motifs is 2. The molecule has 1 aliphatic rings. The highest BCUT2D eigenvalue weighted by atomic mass is 35.5. The van der Waals surface area contributed by atoms with Crippen molar-refractivity contribution in [3.8, 4) is 0 Å². The Morgan fingerprint density at radius 1 is 1.19 bits per heavy atom. The normalized spacial score (nSPS) is 12.9. The number of carbonyl (C=O) groups is 2. The van der Waals surface area contributed by atoms with Gasteiger partial charge in [0.25, 0.3) is 5.91 Å². The fourth-order valence-corrected chi connectivity index (χ4v) is 3.54. The number of hydrogen-bond acceptors (Lipinski definition) is 3. The van der Waals surface area contributed by atoms with E-state index in [0.717, 1.165) is 23.1 Å². The number of anilines is 2. The zero-order valence-corrected chi connectivity index (χ0v) is 14.9. The first-order valence-electron chi connectivity index (χ1n) is 8.30. The van der Waals surface area contributed by atoms with Crippen LogP contribution in [0.2, 0.25) is 5.02 Å². The highest BCUT2D eigenvalue weighted by Crippen LogP contribution is 2.31. The van der Waals surface area contributed by atoms with Crippen molar-refractivity contribution in [1.82, 2.24) is 4.98 Å². The van der Waals surface area contributed by atoms with Gasteiger partial charge in [-0.05, 0) is 54.4 Å². The summed E-state index contributed by atoms with van der Waals surface area (Å²) >= 11 is 6.19. The second-order valence-corrected chi connectivity index (χ2v) is 6.62. The second kappa shape index (κ2) is 6.42. The highest BCUT2D eigenvalue weighted by molar-refractivity contribution is 6.36. The van der Waals surface area contributed by atoms with E-state index >= 15 is 0 Å². The van der Waals surface area contributed by atoms with E-state index in [-0.39, 0.29) is 11.8 Å². The van der Waals surface area contributed by atoms with Crippen molar-refractivity contribution in [2.24, 2.45) is 0 Å². The van der Waals surface area contributed by atoms with Gasteiger partial charge in [-0.15, -0.1) is 0 Å². The molecule has 0 fully saturated rings. The van der Waals surface area contributed by atoms with E-state index in [4.69, 9.17) is 11.6 Å². The Balaban J connectivity index is 1.64. The third-order valence-electron chi connectivity index (χ3n) is 4.57. The maximum Gasteiger partial charge on any atom is 0.257 e. The Hall–Kier alpha value is -2.92. The van der Waals surface area contributed by atoms with Gasteiger partial charge < -0.3 is 10.2 Å². The topological polar surface area (TPSA) is 62.3 Å². The summed E-state index contributed by atoms with van der Waals surface area (Å²) in [5.41, 5.74) is 3.70. The van der Waals surface area contributed by atoms with Gasteiger partial charge in [0, 0.05) is 36.4 Å². The molecule has 0 unspecified atom stereocenters. The smallest absolute Gasteiger partial charge is 0.257 e. The number of halogens is 1. The van der Waals surface area contributed by atoms with Gasteiger partial charge in [-0.25, -0.2) is 0 Å². The first-order chi connectivity index (χ1) is 12.5. The summed E-state index contributed by atoms with van der Waals surface area (Å²) in [6, 6.07) is 12.6. The fourth-order valence-electron chi connectivity index (χ4n) is 3.33. The summed E-state index contributed by atoms with van der Waals surface area (Å²) in [6.07, 6.45) is 2.42. The molecule has 4 rings (SSSR count). The SMILES string of the molecule is CC(=O)N1CCc2cc(NC(=O)c3ccc(Cl)c4cccnc34)ccc21. The van der Waals surface area contributed by atoms with Crippen molar-refractivity contribution in [1.29, 1.82) is 0 Å². The van der Waals surface area contributed by atoms with Crippen LogP contribution in [0.1, 0.15) is 22.8 Å². The molecule has 26 heavy (non-hydrogen) atoms. The Morgan fingerprint density at radius 3 is 2.85 bits per heavy atom. The van der Waals surface area contributed by atoms with Crippen LogP contribution in [0.15, 0.2) is 48.7 Å². The third-order valence-corrected chi connectivity index (χ3v) is 4.90. The van der Waals surface area contributed by atoms with E-state index in [1.165, 1.54) is 0 Å². The zero-order chi connectivity index (χ0) is 18.3. The predicted octanol–water partition coefficient (Wildman–Crippen LogP) is 4.05. The first kappa shape index (κ1) is 16.5. The molecule has 0 bridgehead atoms. The maximum absolute atomic E-state index is 12.8. The van der Waals surface area contributed by atoms with E-state index in [2.05, 4.69) is 10.3 Å². The van der Waals surface area contributed by atoms with Gasteiger partial charge in [0.1, 0.15) is 0 Å². The molecule has 0 aliphatic carbocycles. The minimum Gasteiger partial charge on any atom is -0.322 e. The molecule has 0 saturated carbocycles. The number of amides is 2. The molecule has 5 nitrogen and oxygen atoms in total. The Morgan fingerprint density at radius 2 is 2.04 bits per heavy atom. The lowest BCUT2D eigenvalue weighted by atomic mass is 10.1. The van der Waals surface area contributed by atoms with Gasteiger partial charge in [-0.2, -0.15) is 0 Å². The van der Waals surface area contributed by atoms with Crippen LogP contribution in [0.4, 0.5) is 11.4 Å². The van der Waals surface area contributed by atoms with Crippen molar-refractivity contribution in [3.63, 3.8) is 0 Å². The number of aromatic nitrogens is 1. The van der Waals surface area contributed by atoms with Crippen LogP contribution < -0.4 is 10.2 Å². The van der Waals surface area contributed by atoms with E-state index in [9.17, 15) is 9.59 Å². The van der Waals surface area contributed by atoms with Crippen LogP contribution in [-0.4, -0.2) is 23.3 Å². The number of carbonyl (C=O) groups excluding carboxylic acids is 2. The molecule has 1 aromatic heterocycles. The van der Waals surface area contributed by atoms with Crippen molar-refractivity contribution in [2.75, 3.05) is 16.8 Å². The minimum atomic E-state index is -0.244. The largest absolute Gasteiger partial charge is 0.322 e. The van der Waals surface area contributed by atoms with Gasteiger partial charge in [0.15, 0.2) is 0 Å². The van der Waals surface area contributed by atoms with E-state index in [1.54, 1.807) is 36.2 Å². The van der Waals surface area contributed by atoms with Crippen LogP contribution in [0.25, 0.3) is 10.9 Å². The number of hydrogen-bond donors (Lipinski definition) is 1. The van der Waals surface area contributed by atoms with Crippen molar-refractivity contribution in [3.05, 3.63) is 64.8 Å². The molecule has 6 heteroatoms. The number of pyridine rings is 1. The first-order valence-corrected chi connectivity index (χ1v) is 8.68. The highest BCUT2D eigenvalue weighted by Gasteiger charge is 2.22. The molecular weight excluding hydrogens is 350 g/mol. The number of benzene rings is 2. The molecule has 3 aromatic rings. The van der Waals surface area contributed by atoms with Crippen LogP contribution in [0, 0.1) is 0 Å². The standard InChI is InChI=1S/C20H16ClN3O2/c1-12(25)24-10-8-13-11-14(4-7-18(13)24)23-20(26)16-5-6-17(21)15-3-2-9-22-19(15)16/h2-7,9,11H,8,10H2,1H3,(H,23,26). The van der Waals surface area contributed by atoms with Gasteiger partial charge in [-0.3, -0.25) is 14.6 Å². The molecule has 0 spiro atoms. The number of nitrogens with one attached hydrogen (secondary N) is 1. The second-order valence-electron chi connectivity index (χ2n) is 6.21. The molecule has 0 atom stereocenters. The van der Waals surface area contributed by atoms with E-state index < -0.39 is 0 Å². The van der Waals surface area contributed by atoms with Gasteiger partial charge in [0.2, 0.25) is 5.91 Å². The quantitative estimate of drug-likeness (QED) is 0.745.